The quantitative estimate of drug-likeness (QED) is 0.0209. The van der Waals surface area contributed by atoms with E-state index in [9.17, 15) is 48.9 Å². The van der Waals surface area contributed by atoms with E-state index in [2.05, 4.69) is 38.3 Å². The average Bonchev–Trinajstić information content (AvgIpc) is 4.08. The molecule has 2 aromatic heterocycles. The Balaban J connectivity index is 0.755. The van der Waals surface area contributed by atoms with Crippen LogP contribution in [-0.2, 0) is 20.8 Å². The molecule has 1 atom stereocenters. The third kappa shape index (κ3) is 11.6. The van der Waals surface area contributed by atoms with Gasteiger partial charge in [0.1, 0.15) is 40.5 Å². The molecule has 5 aromatic carbocycles. The molecule has 2 aliphatic carbocycles. The Bertz CT molecular complexity index is 3920. The molecular weight excluding hydrogens is 1050 g/mol. The molecule has 1 saturated carbocycles. The van der Waals surface area contributed by atoms with Gasteiger partial charge >= 0.3 is 23.9 Å². The van der Waals surface area contributed by atoms with Crippen LogP contribution in [0, 0.1) is 0 Å². The first-order valence-electron chi connectivity index (χ1n) is 25.4. The molecule has 3 aliphatic rings. The monoisotopic (exact) mass is 1100 g/mol. The number of carboxylic acid groups (broad SMARTS) is 3. The van der Waals surface area contributed by atoms with E-state index in [1.165, 1.54) is 48.5 Å². The number of urea groups is 1. The molecule has 21 nitrogen and oxygen atoms in total. The van der Waals surface area contributed by atoms with Crippen molar-refractivity contribution in [2.75, 3.05) is 30.6 Å². The molecule has 408 valence electrons. The van der Waals surface area contributed by atoms with Crippen molar-refractivity contribution in [1.29, 1.82) is 0 Å². The fraction of sp³-hybridized carbons (Fsp3) is 0.207. The Labute approximate surface area is 459 Å². The second kappa shape index (κ2) is 23.0. The van der Waals surface area contributed by atoms with Crippen molar-refractivity contribution in [1.82, 2.24) is 30.5 Å². The van der Waals surface area contributed by atoms with Crippen molar-refractivity contribution in [2.24, 2.45) is 0 Å². The molecular formula is C58H51N7O14S. The van der Waals surface area contributed by atoms with Crippen LogP contribution in [0.5, 0.6) is 17.2 Å². The van der Waals surface area contributed by atoms with Crippen LogP contribution >= 0.6 is 12.8 Å². The Hall–Kier alpha value is -9.83. The number of carboxylic acids is 3. The number of aromatic hydroxyl groups is 1. The van der Waals surface area contributed by atoms with E-state index >= 15 is 0 Å². The SMILES string of the molecule is O=C(O)COc1ccc2[nH]cc(C[C@H](NC(=O)c3ccc4c(c3)nc(-c3ccc(OCC(=O)NCCNC(=O)N(S)c5ccc(-c6c7ccc(=O)cc-7oc7cc(O)ccc67)c(C(=O)O)c5)cc3)n4C3CCCCC3)C(=O)O)c2c1. The fourth-order valence-corrected chi connectivity index (χ4v) is 10.2. The molecule has 0 saturated heterocycles. The van der Waals surface area contributed by atoms with Crippen LogP contribution < -0.4 is 35.2 Å². The number of hydrogen-bond donors (Lipinski definition) is 9. The molecule has 0 spiro atoms. The minimum absolute atomic E-state index is 0.0138. The maximum atomic E-state index is 13.7. The van der Waals surface area contributed by atoms with Crippen molar-refractivity contribution >= 4 is 87.2 Å². The number of nitrogens with one attached hydrogen (secondary N) is 4. The number of phenols is 1. The molecule has 80 heavy (non-hydrogen) atoms. The Morgan fingerprint density at radius 1 is 0.787 bits per heavy atom. The second-order valence-electron chi connectivity index (χ2n) is 19.1. The number of nitrogens with zero attached hydrogens (tertiary/aromatic N) is 3. The number of amides is 4. The number of H-pyrrole nitrogens is 1. The van der Waals surface area contributed by atoms with Gasteiger partial charge in [0.2, 0.25) is 0 Å². The van der Waals surface area contributed by atoms with Gasteiger partial charge in [0.05, 0.1) is 22.3 Å². The fourth-order valence-electron chi connectivity index (χ4n) is 10.0. The van der Waals surface area contributed by atoms with Crippen molar-refractivity contribution < 1.29 is 63.1 Å². The average molecular weight is 1100 g/mol. The number of imidazole rings is 1. The maximum Gasteiger partial charge on any atom is 0.341 e. The zero-order valence-corrected chi connectivity index (χ0v) is 43.3. The van der Waals surface area contributed by atoms with Gasteiger partial charge in [-0.25, -0.2) is 28.5 Å². The van der Waals surface area contributed by atoms with Gasteiger partial charge in [-0.2, -0.15) is 0 Å². The molecule has 10 rings (SSSR count). The van der Waals surface area contributed by atoms with Crippen molar-refractivity contribution in [2.45, 2.75) is 50.6 Å². The van der Waals surface area contributed by atoms with E-state index in [4.69, 9.17) is 24.0 Å². The lowest BCUT2D eigenvalue weighted by atomic mass is 9.90. The largest absolute Gasteiger partial charge is 0.508 e. The number of hydrogen-bond acceptors (Lipinski definition) is 13. The number of aromatic nitrogens is 3. The zero-order chi connectivity index (χ0) is 56.2. The zero-order valence-electron chi connectivity index (χ0n) is 42.4. The maximum absolute atomic E-state index is 13.7. The van der Waals surface area contributed by atoms with E-state index in [1.54, 1.807) is 54.7 Å². The number of ether oxygens (including phenoxy) is 2. The Kier molecular flexibility index (Phi) is 15.4. The Morgan fingerprint density at radius 2 is 1.54 bits per heavy atom. The first-order valence-corrected chi connectivity index (χ1v) is 25.8. The summed E-state index contributed by atoms with van der Waals surface area (Å²) in [6.07, 6.45) is 6.63. The number of benzene rings is 6. The van der Waals surface area contributed by atoms with Gasteiger partial charge in [-0.15, -0.1) is 0 Å². The van der Waals surface area contributed by atoms with Gasteiger partial charge in [-0.1, -0.05) is 38.1 Å². The van der Waals surface area contributed by atoms with Gasteiger partial charge < -0.3 is 59.8 Å². The third-order valence-corrected chi connectivity index (χ3v) is 14.3. The molecule has 7 aromatic rings. The number of carbonyl (C=O) groups is 6. The van der Waals surface area contributed by atoms with E-state index in [0.29, 0.717) is 55.8 Å². The van der Waals surface area contributed by atoms with Crippen molar-refractivity contribution in [3.8, 4) is 51.1 Å². The van der Waals surface area contributed by atoms with E-state index < -0.39 is 48.4 Å². The number of aromatic carboxylic acids is 1. The van der Waals surface area contributed by atoms with Crippen LogP contribution in [0.3, 0.4) is 0 Å². The first kappa shape index (κ1) is 53.6. The lowest BCUT2D eigenvalue weighted by molar-refractivity contribution is -0.140. The van der Waals surface area contributed by atoms with E-state index in [1.807, 2.05) is 18.2 Å². The number of fused-ring (bicyclic) bond motifs is 4. The van der Waals surface area contributed by atoms with Crippen LogP contribution in [0.1, 0.15) is 64.4 Å². The molecule has 4 amide bonds. The molecule has 8 N–H and O–H groups in total. The second-order valence-corrected chi connectivity index (χ2v) is 19.5. The van der Waals surface area contributed by atoms with Crippen LogP contribution in [-0.4, -0.2) is 103 Å². The standard InChI is InChI=1S/C58H51N7O14S/c66-36-10-16-41-49(25-36)79-50-26-37(67)11-17-42(50)53(41)40-15-9-35(24-44(40)56(72)73)65(80)58(76)60-21-20-59-51(68)29-77-38-12-6-31(7-13-38)54-62-46-22-32(8-19-48(46)64(54)34-4-2-1-3-5-34)55(71)63-47(57(74)75)23-33-28-61-45-18-14-39(27-43(33)45)78-30-52(69)70/h6-19,22,24-28,34,47,61,66,80H,1-5,20-21,23,29-30H2,(H,59,68)(H,60,76)(H,63,71)(H,69,70)(H,72,73)(H,74,75)/t47-/m0/s1. The lowest BCUT2D eigenvalue weighted by Crippen LogP contribution is -2.42. The summed E-state index contributed by atoms with van der Waals surface area (Å²) in [5, 5.41) is 48.8. The number of thiol groups is 1. The van der Waals surface area contributed by atoms with Crippen LogP contribution in [0.25, 0.3) is 66.7 Å². The van der Waals surface area contributed by atoms with Crippen LogP contribution in [0.15, 0.2) is 131 Å². The minimum Gasteiger partial charge on any atom is -0.508 e. The van der Waals surface area contributed by atoms with Crippen molar-refractivity contribution in [3.05, 3.63) is 148 Å². The highest BCUT2D eigenvalue weighted by Crippen LogP contribution is 2.43. The smallest absolute Gasteiger partial charge is 0.341 e. The molecule has 22 heteroatoms. The number of anilines is 1. The highest BCUT2D eigenvalue weighted by molar-refractivity contribution is 7.82. The number of rotatable bonds is 19. The predicted octanol–water partition coefficient (Wildman–Crippen LogP) is 8.42. The number of phenolic OH excluding ortho intramolecular Hbond substituents is 1. The van der Waals surface area contributed by atoms with Gasteiger partial charge in [0.25, 0.3) is 11.8 Å². The van der Waals surface area contributed by atoms with Gasteiger partial charge in [-0.3, -0.25) is 14.4 Å². The summed E-state index contributed by atoms with van der Waals surface area (Å²) in [6.45, 7) is -0.870. The topological polar surface area (TPSA) is 305 Å². The highest BCUT2D eigenvalue weighted by Gasteiger charge is 2.28. The Morgan fingerprint density at radius 3 is 2.30 bits per heavy atom. The summed E-state index contributed by atoms with van der Waals surface area (Å²) in [5.74, 6) is -3.29. The van der Waals surface area contributed by atoms with Crippen LogP contribution in [0.2, 0.25) is 0 Å². The number of carbonyl (C=O) groups excluding carboxylic acids is 3. The van der Waals surface area contributed by atoms with E-state index in [0.717, 1.165) is 47.5 Å². The summed E-state index contributed by atoms with van der Waals surface area (Å²) >= 11 is 4.33. The molecule has 0 radical (unpaired) electrons. The summed E-state index contributed by atoms with van der Waals surface area (Å²) in [5.41, 5.74) is 4.60. The predicted molar refractivity (Wildman–Crippen MR) is 298 cm³/mol. The van der Waals surface area contributed by atoms with Gasteiger partial charge in [-0.05, 0) is 121 Å². The minimum atomic E-state index is -1.31. The molecule has 0 unspecified atom stereocenters. The summed E-state index contributed by atoms with van der Waals surface area (Å²) < 4.78 is 20.1. The van der Waals surface area contributed by atoms with Crippen LogP contribution in [0.4, 0.5) is 10.5 Å². The number of aromatic amines is 1. The van der Waals surface area contributed by atoms with Gasteiger partial charge in [0.15, 0.2) is 18.6 Å². The summed E-state index contributed by atoms with van der Waals surface area (Å²) in [6, 6.07) is 28.1. The first-order chi connectivity index (χ1) is 38.6. The lowest BCUT2D eigenvalue weighted by Gasteiger charge is -2.25. The van der Waals surface area contributed by atoms with E-state index in [-0.39, 0.29) is 77.1 Å². The molecule has 3 heterocycles. The van der Waals surface area contributed by atoms with Gasteiger partial charge in [0, 0.05) is 82.4 Å². The number of aliphatic carboxylic acids is 2. The third-order valence-electron chi connectivity index (χ3n) is 13.8. The molecule has 1 aliphatic heterocycles. The van der Waals surface area contributed by atoms with Crippen molar-refractivity contribution in [3.63, 3.8) is 0 Å². The normalized spacial score (nSPS) is 13.0. The molecule has 1 fully saturated rings. The summed E-state index contributed by atoms with van der Waals surface area (Å²) in [4.78, 5) is 96.3. The molecule has 0 bridgehead atoms. The highest BCUT2D eigenvalue weighted by atomic mass is 32.1. The summed E-state index contributed by atoms with van der Waals surface area (Å²) in [7, 11) is 0.